The summed E-state index contributed by atoms with van der Waals surface area (Å²) >= 11 is 0. The van der Waals surface area contributed by atoms with Crippen LogP contribution in [0.15, 0.2) is 48.8 Å². The summed E-state index contributed by atoms with van der Waals surface area (Å²) in [6.07, 6.45) is -2.77. The van der Waals surface area contributed by atoms with E-state index in [2.05, 4.69) is 29.9 Å². The molecule has 176 valence electrons. The van der Waals surface area contributed by atoms with Crippen molar-refractivity contribution < 1.29 is 27.4 Å². The highest BCUT2D eigenvalue weighted by molar-refractivity contribution is 6.04. The van der Waals surface area contributed by atoms with E-state index in [1.165, 1.54) is 37.7 Å². The number of aromatic nitrogens is 3. The minimum absolute atomic E-state index is 0.112. The molecule has 0 unspecified atom stereocenters. The van der Waals surface area contributed by atoms with Gasteiger partial charge in [-0.05, 0) is 30.7 Å². The first-order valence-electron chi connectivity index (χ1n) is 10.4. The standard InChI is InChI=1S/C22H19F3N6O3/c1-33-19-10-18(26-12-27-19)29-21(32)31-14-7-8-30(11-14)17-6-5-16(28-20(17)31)13-3-2-4-15(9-13)34-22(23,24)25/h2-6,9-10,12,14H,7-8,11H2,1H3,(H,26,27,29,32)/t14-/m0/s1. The second-order valence-corrected chi connectivity index (χ2v) is 7.75. The summed E-state index contributed by atoms with van der Waals surface area (Å²) in [4.78, 5) is 29.7. The lowest BCUT2D eigenvalue weighted by Crippen LogP contribution is -2.48. The van der Waals surface area contributed by atoms with Crippen molar-refractivity contribution in [3.8, 4) is 22.9 Å². The highest BCUT2D eigenvalue weighted by Crippen LogP contribution is 2.40. The molecule has 0 radical (unpaired) electrons. The van der Waals surface area contributed by atoms with Gasteiger partial charge in [0.05, 0.1) is 24.5 Å². The van der Waals surface area contributed by atoms with E-state index in [4.69, 9.17) is 4.74 Å². The first-order valence-corrected chi connectivity index (χ1v) is 10.4. The molecule has 1 fully saturated rings. The lowest BCUT2D eigenvalue weighted by atomic mass is 10.1. The monoisotopic (exact) mass is 472 g/mol. The lowest BCUT2D eigenvalue weighted by molar-refractivity contribution is -0.274. The minimum Gasteiger partial charge on any atom is -0.481 e. The van der Waals surface area contributed by atoms with E-state index in [1.54, 1.807) is 17.0 Å². The maximum Gasteiger partial charge on any atom is 0.573 e. The van der Waals surface area contributed by atoms with E-state index < -0.39 is 12.4 Å². The van der Waals surface area contributed by atoms with E-state index in [1.807, 2.05) is 6.07 Å². The smallest absolute Gasteiger partial charge is 0.481 e. The number of ether oxygens (including phenoxy) is 2. The molecule has 5 rings (SSSR count). The number of benzene rings is 1. The van der Waals surface area contributed by atoms with Crippen LogP contribution < -0.4 is 24.6 Å². The van der Waals surface area contributed by atoms with E-state index in [0.29, 0.717) is 29.5 Å². The predicted octanol–water partition coefficient (Wildman–Crippen LogP) is 4.08. The molecule has 12 heteroatoms. The van der Waals surface area contributed by atoms with Crippen LogP contribution in [0.5, 0.6) is 11.6 Å². The maximum absolute atomic E-state index is 13.3. The van der Waals surface area contributed by atoms with Crippen LogP contribution >= 0.6 is 0 Å². The zero-order valence-corrected chi connectivity index (χ0v) is 17.9. The van der Waals surface area contributed by atoms with E-state index >= 15 is 0 Å². The number of methoxy groups -OCH3 is 1. The number of anilines is 3. The van der Waals surface area contributed by atoms with Crippen LogP contribution in [0.25, 0.3) is 11.3 Å². The summed E-state index contributed by atoms with van der Waals surface area (Å²) < 4.78 is 47.1. The molecular weight excluding hydrogens is 453 g/mol. The number of carbonyl (C=O) groups excluding carboxylic acids is 1. The molecule has 0 aliphatic carbocycles. The molecule has 1 N–H and O–H groups in total. The lowest BCUT2D eigenvalue weighted by Gasteiger charge is -2.35. The van der Waals surface area contributed by atoms with Crippen molar-refractivity contribution >= 4 is 23.4 Å². The van der Waals surface area contributed by atoms with Gasteiger partial charge >= 0.3 is 12.4 Å². The van der Waals surface area contributed by atoms with Gasteiger partial charge in [-0.15, -0.1) is 13.2 Å². The SMILES string of the molecule is COc1cc(NC(=O)N2c3nc(-c4cccc(OC(F)(F)F)c4)ccc3N3CC[C@H]2C3)ncn1. The minimum atomic E-state index is -4.80. The van der Waals surface area contributed by atoms with E-state index in [-0.39, 0.29) is 17.6 Å². The van der Waals surface area contributed by atoms with Gasteiger partial charge in [-0.1, -0.05) is 12.1 Å². The quantitative estimate of drug-likeness (QED) is 0.612. The topological polar surface area (TPSA) is 92.7 Å². The van der Waals surface area contributed by atoms with Gasteiger partial charge in [0, 0.05) is 24.7 Å². The van der Waals surface area contributed by atoms with Gasteiger partial charge in [0.2, 0.25) is 5.88 Å². The summed E-state index contributed by atoms with van der Waals surface area (Å²) in [5.74, 6) is 0.650. The van der Waals surface area contributed by atoms with Crippen LogP contribution in [-0.2, 0) is 0 Å². The van der Waals surface area contributed by atoms with Crippen LogP contribution in [0.2, 0.25) is 0 Å². The molecule has 2 aliphatic heterocycles. The fourth-order valence-electron chi connectivity index (χ4n) is 4.17. The molecule has 1 saturated heterocycles. The van der Waals surface area contributed by atoms with Crippen molar-refractivity contribution in [3.63, 3.8) is 0 Å². The molecular formula is C22H19F3N6O3. The number of carbonyl (C=O) groups is 1. The Morgan fingerprint density at radius 3 is 2.82 bits per heavy atom. The summed E-state index contributed by atoms with van der Waals surface area (Å²) in [6, 6.07) is 10.1. The molecule has 0 spiro atoms. The van der Waals surface area contributed by atoms with Gasteiger partial charge in [0.25, 0.3) is 0 Å². The summed E-state index contributed by atoms with van der Waals surface area (Å²) in [7, 11) is 1.46. The first kappa shape index (κ1) is 21.7. The first-order chi connectivity index (χ1) is 16.3. The Morgan fingerprint density at radius 1 is 1.18 bits per heavy atom. The summed E-state index contributed by atoms with van der Waals surface area (Å²) in [5, 5.41) is 2.76. The van der Waals surface area contributed by atoms with Gasteiger partial charge < -0.3 is 14.4 Å². The average molecular weight is 472 g/mol. The maximum atomic E-state index is 13.3. The molecule has 1 atom stereocenters. The summed E-state index contributed by atoms with van der Waals surface area (Å²) in [5.41, 5.74) is 1.62. The molecule has 34 heavy (non-hydrogen) atoms. The summed E-state index contributed by atoms with van der Waals surface area (Å²) in [6.45, 7) is 1.42. The molecule has 2 aromatic heterocycles. The second-order valence-electron chi connectivity index (χ2n) is 7.75. The van der Waals surface area contributed by atoms with Crippen molar-refractivity contribution in [3.05, 3.63) is 48.8 Å². The Bertz CT molecular complexity index is 1240. The van der Waals surface area contributed by atoms with Crippen molar-refractivity contribution in [2.24, 2.45) is 0 Å². The van der Waals surface area contributed by atoms with Crippen LogP contribution in [0.3, 0.4) is 0 Å². The molecule has 9 nitrogen and oxygen atoms in total. The molecule has 2 amide bonds. The third-order valence-corrected chi connectivity index (χ3v) is 5.62. The van der Waals surface area contributed by atoms with Gasteiger partial charge in [-0.2, -0.15) is 0 Å². The Kier molecular flexibility index (Phi) is 5.34. The van der Waals surface area contributed by atoms with Crippen LogP contribution in [0.1, 0.15) is 6.42 Å². The van der Waals surface area contributed by atoms with Crippen LogP contribution in [0.4, 0.5) is 35.3 Å². The molecule has 2 aliphatic rings. The third-order valence-electron chi connectivity index (χ3n) is 5.62. The van der Waals surface area contributed by atoms with Gasteiger partial charge in [-0.25, -0.2) is 19.7 Å². The third kappa shape index (κ3) is 4.26. The fraction of sp³-hybridized carbons (Fsp3) is 0.273. The molecule has 4 heterocycles. The van der Waals surface area contributed by atoms with Gasteiger partial charge in [0.15, 0.2) is 5.82 Å². The number of halogens is 3. The number of urea groups is 1. The number of alkyl halides is 3. The number of nitrogens with zero attached hydrogens (tertiary/aromatic N) is 5. The van der Waals surface area contributed by atoms with Crippen molar-refractivity contribution in [1.82, 2.24) is 15.0 Å². The number of hydrogen-bond donors (Lipinski definition) is 1. The number of fused-ring (bicyclic) bond motifs is 4. The highest BCUT2D eigenvalue weighted by atomic mass is 19.4. The number of pyridine rings is 1. The zero-order valence-electron chi connectivity index (χ0n) is 17.9. The molecule has 2 bridgehead atoms. The fourth-order valence-corrected chi connectivity index (χ4v) is 4.17. The van der Waals surface area contributed by atoms with Crippen molar-refractivity contribution in [1.29, 1.82) is 0 Å². The number of hydrogen-bond acceptors (Lipinski definition) is 7. The molecule has 3 aromatic rings. The van der Waals surface area contributed by atoms with Gasteiger partial charge in [-0.3, -0.25) is 10.2 Å². The van der Waals surface area contributed by atoms with Crippen LogP contribution in [0, 0.1) is 0 Å². The number of rotatable bonds is 4. The highest BCUT2D eigenvalue weighted by Gasteiger charge is 2.40. The number of amides is 2. The Morgan fingerprint density at radius 2 is 2.03 bits per heavy atom. The van der Waals surface area contributed by atoms with Crippen LogP contribution in [-0.4, -0.2) is 53.6 Å². The van der Waals surface area contributed by atoms with Crippen molar-refractivity contribution in [2.45, 2.75) is 18.8 Å². The Hall–Kier alpha value is -4.09. The van der Waals surface area contributed by atoms with Gasteiger partial charge in [0.1, 0.15) is 17.9 Å². The Balaban J connectivity index is 1.48. The number of nitrogens with one attached hydrogen (secondary N) is 1. The molecule has 1 aromatic carbocycles. The van der Waals surface area contributed by atoms with E-state index in [0.717, 1.165) is 18.7 Å². The largest absolute Gasteiger partial charge is 0.573 e. The molecule has 0 saturated carbocycles. The average Bonchev–Trinajstić information content (AvgIpc) is 3.22. The predicted molar refractivity (Wildman–Crippen MR) is 117 cm³/mol. The van der Waals surface area contributed by atoms with Crippen molar-refractivity contribution in [2.75, 3.05) is 35.3 Å². The van der Waals surface area contributed by atoms with E-state index in [9.17, 15) is 18.0 Å². The second kappa shape index (κ2) is 8.36. The zero-order chi connectivity index (χ0) is 23.9. The Labute approximate surface area is 192 Å². The normalized spacial score (nSPS) is 16.8.